The summed E-state index contributed by atoms with van der Waals surface area (Å²) >= 11 is -1.92. The van der Waals surface area contributed by atoms with Crippen LogP contribution >= 0.6 is 27.9 Å². The van der Waals surface area contributed by atoms with E-state index in [0.717, 1.165) is 19.6 Å². The second-order valence-corrected chi connectivity index (χ2v) is 11.6. The zero-order valence-electron chi connectivity index (χ0n) is 12.0. The Morgan fingerprint density at radius 1 is 1.10 bits per heavy atom. The Labute approximate surface area is 140 Å². The van der Waals surface area contributed by atoms with E-state index in [4.69, 9.17) is 27.9 Å². The minimum atomic E-state index is -1.92. The van der Waals surface area contributed by atoms with Gasteiger partial charge in [0, 0.05) is 0 Å². The van der Waals surface area contributed by atoms with Crippen molar-refractivity contribution in [3.63, 3.8) is 0 Å². The van der Waals surface area contributed by atoms with Crippen LogP contribution in [0.3, 0.4) is 0 Å². The molecular weight excluding hydrogens is 348 g/mol. The van der Waals surface area contributed by atoms with Crippen molar-refractivity contribution in [2.75, 3.05) is 19.6 Å². The molecule has 2 aromatic carbocycles. The van der Waals surface area contributed by atoms with E-state index in [1.165, 1.54) is 10.8 Å². The van der Waals surface area contributed by atoms with Gasteiger partial charge in [-0.25, -0.2) is 0 Å². The van der Waals surface area contributed by atoms with Gasteiger partial charge in [-0.05, 0) is 13.1 Å². The summed E-state index contributed by atoms with van der Waals surface area (Å²) in [7, 11) is 14.9. The fourth-order valence-electron chi connectivity index (χ4n) is 1.61. The SMILES string of the molecule is [CH2-]CN(CC)CC.[Cl][Ti]([Cl])[Cl].c1ccc2[cH-]ccc2c1. The maximum absolute atomic E-state index is 4.97. The summed E-state index contributed by atoms with van der Waals surface area (Å²) in [5, 5.41) is 2.66. The van der Waals surface area contributed by atoms with E-state index in [1.54, 1.807) is 0 Å². The van der Waals surface area contributed by atoms with Crippen LogP contribution in [-0.2, 0) is 14.7 Å². The molecule has 0 N–H and O–H groups in total. The van der Waals surface area contributed by atoms with Gasteiger partial charge in [0.25, 0.3) is 0 Å². The molecule has 0 aliphatic carbocycles. The Balaban J connectivity index is 0.000000296. The number of nitrogens with zero attached hydrogens (tertiary/aromatic N) is 1. The van der Waals surface area contributed by atoms with Crippen molar-refractivity contribution in [2.24, 2.45) is 0 Å². The Morgan fingerprint density at radius 2 is 1.65 bits per heavy atom. The molecule has 113 valence electrons. The molecule has 2 rings (SSSR count). The van der Waals surface area contributed by atoms with E-state index in [0.29, 0.717) is 0 Å². The van der Waals surface area contributed by atoms with Gasteiger partial charge in [0.1, 0.15) is 0 Å². The molecule has 0 amide bonds. The second kappa shape index (κ2) is 13.1. The van der Waals surface area contributed by atoms with E-state index >= 15 is 0 Å². The van der Waals surface area contributed by atoms with Gasteiger partial charge in [-0.1, -0.05) is 19.9 Å². The molecule has 20 heavy (non-hydrogen) atoms. The minimum Gasteiger partial charge on any atom is -0.168 e. The number of hydrogen-bond acceptors (Lipinski definition) is 1. The van der Waals surface area contributed by atoms with Crippen molar-refractivity contribution in [1.29, 1.82) is 0 Å². The predicted octanol–water partition coefficient (Wildman–Crippen LogP) is 5.79. The van der Waals surface area contributed by atoms with Crippen LogP contribution < -0.4 is 0 Å². The maximum atomic E-state index is 4.97. The van der Waals surface area contributed by atoms with Gasteiger partial charge in [-0.2, -0.15) is 17.5 Å². The molecule has 5 heteroatoms. The van der Waals surface area contributed by atoms with Gasteiger partial charge >= 0.3 is 42.6 Å². The van der Waals surface area contributed by atoms with Crippen LogP contribution in [0.5, 0.6) is 0 Å². The summed E-state index contributed by atoms with van der Waals surface area (Å²) in [4.78, 5) is 2.26. The van der Waals surface area contributed by atoms with Crippen molar-refractivity contribution in [3.8, 4) is 0 Å². The first-order chi connectivity index (χ1) is 9.54. The maximum Gasteiger partial charge on any atom is -0.0809 e. The summed E-state index contributed by atoms with van der Waals surface area (Å²) in [6.07, 6.45) is 0. The molecule has 0 aliphatic rings. The third-order valence-corrected chi connectivity index (χ3v) is 2.76. The normalized spacial score (nSPS) is 9.55. The molecule has 0 atom stereocenters. The topological polar surface area (TPSA) is 3.24 Å². The van der Waals surface area contributed by atoms with Crippen molar-refractivity contribution in [3.05, 3.63) is 49.4 Å². The van der Waals surface area contributed by atoms with E-state index in [1.807, 2.05) is 0 Å². The van der Waals surface area contributed by atoms with Gasteiger partial charge in [0.2, 0.25) is 0 Å². The Hall–Kier alpha value is 0.374. The minimum absolute atomic E-state index is 0.938. The summed E-state index contributed by atoms with van der Waals surface area (Å²) in [5.41, 5.74) is 0. The molecule has 0 aromatic heterocycles. The smallest absolute Gasteiger partial charge is 0.0809 e. The van der Waals surface area contributed by atoms with Crippen LogP contribution in [0.25, 0.3) is 10.8 Å². The fourth-order valence-corrected chi connectivity index (χ4v) is 1.61. The van der Waals surface area contributed by atoms with Crippen LogP contribution in [0.2, 0.25) is 0 Å². The predicted molar refractivity (Wildman–Crippen MR) is 90.2 cm³/mol. The number of fused-ring (bicyclic) bond motifs is 1. The average molecular weight is 370 g/mol. The molecule has 0 aliphatic heterocycles. The van der Waals surface area contributed by atoms with Gasteiger partial charge in [0.15, 0.2) is 0 Å². The van der Waals surface area contributed by atoms with E-state index in [-0.39, 0.29) is 0 Å². The molecule has 0 radical (unpaired) electrons. The molecule has 0 saturated carbocycles. The zero-order chi connectivity index (χ0) is 15.4. The summed E-state index contributed by atoms with van der Waals surface area (Å²) in [5.74, 6) is 0. The molecule has 0 unspecified atom stereocenters. The quantitative estimate of drug-likeness (QED) is 0.489. The monoisotopic (exact) mass is 368 g/mol. The van der Waals surface area contributed by atoms with E-state index in [2.05, 4.69) is 68.1 Å². The van der Waals surface area contributed by atoms with Gasteiger partial charge in [0.05, 0.1) is 0 Å². The first-order valence-electron chi connectivity index (χ1n) is 6.50. The third-order valence-electron chi connectivity index (χ3n) is 2.76. The van der Waals surface area contributed by atoms with E-state index < -0.39 is 14.7 Å². The number of halogens is 3. The average Bonchev–Trinajstić information content (AvgIpc) is 2.89. The molecule has 0 heterocycles. The van der Waals surface area contributed by atoms with Crippen LogP contribution in [-0.4, -0.2) is 24.5 Å². The molecule has 0 saturated heterocycles. The van der Waals surface area contributed by atoms with Crippen LogP contribution in [0.1, 0.15) is 13.8 Å². The van der Waals surface area contributed by atoms with Gasteiger partial charge < -0.3 is 11.8 Å². The van der Waals surface area contributed by atoms with Crippen LogP contribution in [0, 0.1) is 6.92 Å². The molecule has 2 aromatic rings. The number of benzene rings is 1. The van der Waals surface area contributed by atoms with Gasteiger partial charge in [-0.3, -0.25) is 0 Å². The molecule has 0 bridgehead atoms. The number of hydrogen-bond donors (Lipinski definition) is 0. The largest absolute Gasteiger partial charge is 0.168 e. The van der Waals surface area contributed by atoms with Crippen LogP contribution in [0.4, 0.5) is 0 Å². The first kappa shape index (κ1) is 20.4. The summed E-state index contributed by atoms with van der Waals surface area (Å²) in [6.45, 7) is 11.2. The fraction of sp³-hybridized carbons (Fsp3) is 0.333. The number of rotatable bonds is 3. The molecular formula is C15H21Cl3NTi-2. The van der Waals surface area contributed by atoms with E-state index in [9.17, 15) is 0 Å². The van der Waals surface area contributed by atoms with Crippen LogP contribution in [0.15, 0.2) is 42.5 Å². The molecule has 1 nitrogen and oxygen atoms in total. The van der Waals surface area contributed by atoms with Crippen molar-refractivity contribution in [2.45, 2.75) is 13.8 Å². The Bertz CT molecular complexity index is 403. The Morgan fingerprint density at radius 3 is 2.05 bits per heavy atom. The van der Waals surface area contributed by atoms with Crippen molar-refractivity contribution >= 4 is 38.7 Å². The second-order valence-electron chi connectivity index (χ2n) is 3.90. The van der Waals surface area contributed by atoms with Crippen molar-refractivity contribution in [1.82, 2.24) is 4.90 Å². The molecule has 0 spiro atoms. The summed E-state index contributed by atoms with van der Waals surface area (Å²) < 4.78 is 0. The zero-order valence-corrected chi connectivity index (χ0v) is 15.8. The van der Waals surface area contributed by atoms with Crippen molar-refractivity contribution < 1.29 is 14.7 Å². The first-order valence-corrected chi connectivity index (χ1v) is 12.9. The summed E-state index contributed by atoms with van der Waals surface area (Å²) in [6, 6.07) is 14.7. The standard InChI is InChI=1S/C9H7.C6H14N.3ClH.Ti/c1-2-5-9-7-3-6-8(9)4-1;1-4-7(5-2)6-3;;;;/h1-7H;1,4-6H2,2-3H3;3*1H;/q2*-1;;;;+3/p-3. The molecule has 0 fully saturated rings. The van der Waals surface area contributed by atoms with Gasteiger partial charge in [-0.15, -0.1) is 36.2 Å². The third kappa shape index (κ3) is 10.2. The Kier molecular flexibility index (Phi) is 13.3.